The number of methoxy groups -OCH3 is 1. The van der Waals surface area contributed by atoms with Crippen molar-refractivity contribution >= 4 is 22.4 Å². The molecule has 22 heavy (non-hydrogen) atoms. The first-order valence-corrected chi connectivity index (χ1v) is 8.03. The lowest BCUT2D eigenvalue weighted by Crippen LogP contribution is -2.10. The number of aryl methyl sites for hydroxylation is 1. The molecule has 0 spiro atoms. The highest BCUT2D eigenvalue weighted by atomic mass is 32.1. The van der Waals surface area contributed by atoms with Crippen LogP contribution >= 0.6 is 11.3 Å². The number of nitrogens with one attached hydrogen (secondary N) is 1. The molecule has 0 unspecified atom stereocenters. The highest BCUT2D eigenvalue weighted by molar-refractivity contribution is 7.15. The molecule has 2 rings (SSSR count). The van der Waals surface area contributed by atoms with E-state index in [-0.39, 0.29) is 0 Å². The number of benzene rings is 1. The zero-order chi connectivity index (χ0) is 15.9. The molecule has 0 saturated heterocycles. The van der Waals surface area contributed by atoms with Crippen LogP contribution in [-0.4, -0.2) is 13.2 Å². The number of unbranched alkanes of at least 4 members (excludes halogenated alkanes) is 1. The molecule has 1 heterocycles. The van der Waals surface area contributed by atoms with Gasteiger partial charge in [0, 0.05) is 10.9 Å². The Morgan fingerprint density at radius 3 is 2.68 bits per heavy atom. The standard InChI is InChI=1S/C17H18N2O2S/c1-3-4-5-12-6-8-13(9-7-12)15-11-22-16(14(15)10-18)19-17(20)21-2/h6-9,11H,3-5H2,1-2H3,(H,19,20). The van der Waals surface area contributed by atoms with Crippen LogP contribution in [0.25, 0.3) is 11.1 Å². The SMILES string of the molecule is CCCCc1ccc(-c2csc(NC(=O)OC)c2C#N)cc1. The predicted molar refractivity (Wildman–Crippen MR) is 89.1 cm³/mol. The van der Waals surface area contributed by atoms with Crippen molar-refractivity contribution in [1.82, 2.24) is 0 Å². The molecule has 0 aliphatic carbocycles. The van der Waals surface area contributed by atoms with E-state index in [1.165, 1.54) is 36.9 Å². The van der Waals surface area contributed by atoms with Crippen molar-refractivity contribution in [3.8, 4) is 17.2 Å². The second-order valence-corrected chi connectivity index (χ2v) is 5.76. The number of hydrogen-bond acceptors (Lipinski definition) is 4. The molecule has 0 saturated carbocycles. The van der Waals surface area contributed by atoms with Crippen LogP contribution in [0.15, 0.2) is 29.6 Å². The summed E-state index contributed by atoms with van der Waals surface area (Å²) < 4.78 is 4.57. The minimum Gasteiger partial charge on any atom is -0.453 e. The van der Waals surface area contributed by atoms with Crippen LogP contribution in [-0.2, 0) is 11.2 Å². The predicted octanol–water partition coefficient (Wildman–Crippen LogP) is 4.81. The van der Waals surface area contributed by atoms with Crippen molar-refractivity contribution in [2.45, 2.75) is 26.2 Å². The first-order valence-electron chi connectivity index (χ1n) is 7.15. The quantitative estimate of drug-likeness (QED) is 0.861. The fraction of sp³-hybridized carbons (Fsp3) is 0.294. The number of thiophene rings is 1. The van der Waals surface area contributed by atoms with Gasteiger partial charge in [-0.15, -0.1) is 11.3 Å². The zero-order valence-corrected chi connectivity index (χ0v) is 13.5. The number of amides is 1. The Labute approximate surface area is 134 Å². The first kappa shape index (κ1) is 16.1. The number of ether oxygens (including phenoxy) is 1. The van der Waals surface area contributed by atoms with Gasteiger partial charge in [-0.2, -0.15) is 5.26 Å². The van der Waals surface area contributed by atoms with Gasteiger partial charge in [0.1, 0.15) is 11.1 Å². The van der Waals surface area contributed by atoms with Gasteiger partial charge in [-0.25, -0.2) is 4.79 Å². The maximum atomic E-state index is 11.3. The Morgan fingerprint density at radius 2 is 2.09 bits per heavy atom. The molecular formula is C17H18N2O2S. The Morgan fingerprint density at radius 1 is 1.36 bits per heavy atom. The van der Waals surface area contributed by atoms with Gasteiger partial charge in [0.15, 0.2) is 0 Å². The van der Waals surface area contributed by atoms with Crippen molar-refractivity contribution in [3.05, 3.63) is 40.8 Å². The van der Waals surface area contributed by atoms with Crippen LogP contribution in [0.3, 0.4) is 0 Å². The number of carbonyl (C=O) groups excluding carboxylic acids is 1. The van der Waals surface area contributed by atoms with E-state index in [4.69, 9.17) is 0 Å². The van der Waals surface area contributed by atoms with Gasteiger partial charge < -0.3 is 4.74 Å². The van der Waals surface area contributed by atoms with Crippen LogP contribution in [0.1, 0.15) is 30.9 Å². The summed E-state index contributed by atoms with van der Waals surface area (Å²) in [6.45, 7) is 2.18. The third-order valence-electron chi connectivity index (χ3n) is 3.39. The van der Waals surface area contributed by atoms with Gasteiger partial charge in [0.2, 0.25) is 0 Å². The van der Waals surface area contributed by atoms with Crippen LogP contribution < -0.4 is 5.32 Å². The van der Waals surface area contributed by atoms with Gasteiger partial charge in [-0.1, -0.05) is 37.6 Å². The minimum absolute atomic E-state index is 0.469. The summed E-state index contributed by atoms with van der Waals surface area (Å²) in [5, 5.41) is 14.3. The number of carbonyl (C=O) groups is 1. The second-order valence-electron chi connectivity index (χ2n) is 4.88. The van der Waals surface area contributed by atoms with Crippen LogP contribution in [0, 0.1) is 11.3 Å². The average Bonchev–Trinajstić information content (AvgIpc) is 2.95. The van der Waals surface area contributed by atoms with Gasteiger partial charge in [0.25, 0.3) is 0 Å². The van der Waals surface area contributed by atoms with E-state index in [1.54, 1.807) is 0 Å². The largest absolute Gasteiger partial charge is 0.453 e. The Bertz CT molecular complexity index is 684. The fourth-order valence-corrected chi connectivity index (χ4v) is 3.05. The van der Waals surface area contributed by atoms with E-state index >= 15 is 0 Å². The minimum atomic E-state index is -0.570. The van der Waals surface area contributed by atoms with Crippen LogP contribution in [0.5, 0.6) is 0 Å². The van der Waals surface area contributed by atoms with Crippen molar-refractivity contribution in [2.24, 2.45) is 0 Å². The summed E-state index contributed by atoms with van der Waals surface area (Å²) in [6.07, 6.45) is 2.85. The second kappa shape index (κ2) is 7.62. The molecule has 1 amide bonds. The smallest absolute Gasteiger partial charge is 0.411 e. The molecular weight excluding hydrogens is 296 g/mol. The van der Waals surface area contributed by atoms with Gasteiger partial charge in [-0.05, 0) is 24.0 Å². The Hall–Kier alpha value is -2.32. The van der Waals surface area contributed by atoms with E-state index in [0.717, 1.165) is 17.5 Å². The molecule has 0 fully saturated rings. The number of anilines is 1. The monoisotopic (exact) mass is 314 g/mol. The van der Waals surface area contributed by atoms with Crippen molar-refractivity contribution in [3.63, 3.8) is 0 Å². The summed E-state index contributed by atoms with van der Waals surface area (Å²) in [5.74, 6) is 0. The highest BCUT2D eigenvalue weighted by Crippen LogP contribution is 2.35. The lowest BCUT2D eigenvalue weighted by atomic mass is 10.0. The summed E-state index contributed by atoms with van der Waals surface area (Å²) in [7, 11) is 1.30. The number of hydrogen-bond donors (Lipinski definition) is 1. The van der Waals surface area contributed by atoms with Gasteiger partial charge in [0.05, 0.1) is 12.7 Å². The highest BCUT2D eigenvalue weighted by Gasteiger charge is 2.15. The molecule has 114 valence electrons. The number of rotatable bonds is 5. The molecule has 0 bridgehead atoms. The molecule has 0 aliphatic heterocycles. The van der Waals surface area contributed by atoms with Crippen LogP contribution in [0.2, 0.25) is 0 Å². The van der Waals surface area contributed by atoms with Crippen molar-refractivity contribution < 1.29 is 9.53 Å². The molecule has 1 aromatic heterocycles. The Kier molecular flexibility index (Phi) is 5.56. The third-order valence-corrected chi connectivity index (χ3v) is 4.28. The summed E-state index contributed by atoms with van der Waals surface area (Å²) in [6, 6.07) is 10.4. The lowest BCUT2D eigenvalue weighted by Gasteiger charge is -2.04. The lowest BCUT2D eigenvalue weighted by molar-refractivity contribution is 0.187. The topological polar surface area (TPSA) is 62.1 Å². The number of nitrogens with zero attached hydrogens (tertiary/aromatic N) is 1. The van der Waals surface area contributed by atoms with E-state index in [0.29, 0.717) is 10.6 Å². The van der Waals surface area contributed by atoms with Crippen molar-refractivity contribution in [1.29, 1.82) is 5.26 Å². The molecule has 0 atom stereocenters. The van der Waals surface area contributed by atoms with E-state index < -0.39 is 6.09 Å². The maximum absolute atomic E-state index is 11.3. The van der Waals surface area contributed by atoms with Crippen molar-refractivity contribution in [2.75, 3.05) is 12.4 Å². The molecule has 0 aliphatic rings. The van der Waals surface area contributed by atoms with E-state index in [9.17, 15) is 10.1 Å². The normalized spacial score (nSPS) is 10.0. The van der Waals surface area contributed by atoms with E-state index in [2.05, 4.69) is 35.2 Å². The Balaban J connectivity index is 2.25. The summed E-state index contributed by atoms with van der Waals surface area (Å²) >= 11 is 1.32. The molecule has 0 radical (unpaired) electrons. The van der Waals surface area contributed by atoms with Gasteiger partial charge >= 0.3 is 6.09 Å². The average molecular weight is 314 g/mol. The third kappa shape index (κ3) is 3.66. The van der Waals surface area contributed by atoms with Crippen LogP contribution in [0.4, 0.5) is 9.80 Å². The van der Waals surface area contributed by atoms with E-state index in [1.807, 2.05) is 17.5 Å². The number of nitriles is 1. The zero-order valence-electron chi connectivity index (χ0n) is 12.7. The molecule has 1 aromatic carbocycles. The molecule has 2 aromatic rings. The molecule has 4 nitrogen and oxygen atoms in total. The molecule has 1 N–H and O–H groups in total. The summed E-state index contributed by atoms with van der Waals surface area (Å²) in [4.78, 5) is 11.3. The maximum Gasteiger partial charge on any atom is 0.411 e. The molecule has 5 heteroatoms. The fourth-order valence-electron chi connectivity index (χ4n) is 2.15. The van der Waals surface area contributed by atoms with Gasteiger partial charge in [-0.3, -0.25) is 5.32 Å². The summed E-state index contributed by atoms with van der Waals surface area (Å²) in [5.41, 5.74) is 3.58. The first-order chi connectivity index (χ1) is 10.7.